The number of sulfonamides is 1. The molecule has 2 aromatic rings. The number of halogens is 3. The number of rotatable bonds is 7. The predicted octanol–water partition coefficient (Wildman–Crippen LogP) is 3.01. The number of alkyl halides is 3. The molecule has 3 saturated heterocycles. The monoisotopic (exact) mass is 541 g/mol. The second kappa shape index (κ2) is 10.7. The molecule has 202 valence electrons. The van der Waals surface area contributed by atoms with Crippen LogP contribution >= 0.6 is 0 Å². The van der Waals surface area contributed by atoms with Crippen LogP contribution in [0.25, 0.3) is 0 Å². The van der Waals surface area contributed by atoms with Crippen molar-refractivity contribution >= 4 is 16.0 Å². The number of anilines is 1. The molecule has 3 aliphatic heterocycles. The van der Waals surface area contributed by atoms with Crippen LogP contribution < -0.4 is 15.4 Å². The zero-order chi connectivity index (χ0) is 26.0. The highest BCUT2D eigenvalue weighted by Gasteiger charge is 2.38. The Kier molecular flexibility index (Phi) is 7.57. The fourth-order valence-corrected chi connectivity index (χ4v) is 6.38. The van der Waals surface area contributed by atoms with Crippen LogP contribution in [0.2, 0.25) is 0 Å². The molecule has 2 N–H and O–H groups in total. The van der Waals surface area contributed by atoms with Crippen molar-refractivity contribution in [2.75, 3.05) is 44.7 Å². The minimum absolute atomic E-state index is 0.0141. The van der Waals surface area contributed by atoms with Gasteiger partial charge >= 0.3 is 6.18 Å². The highest BCUT2D eigenvalue weighted by Crippen LogP contribution is 2.36. The minimum atomic E-state index is -4.65. The third-order valence-corrected chi connectivity index (χ3v) is 8.98. The summed E-state index contributed by atoms with van der Waals surface area (Å²) in [6.45, 7) is 3.05. The molecule has 0 aliphatic carbocycles. The van der Waals surface area contributed by atoms with Crippen LogP contribution in [-0.4, -0.2) is 74.2 Å². The molecule has 0 bridgehead atoms. The van der Waals surface area contributed by atoms with E-state index in [-0.39, 0.29) is 36.6 Å². The molecule has 9 nitrogen and oxygen atoms in total. The van der Waals surface area contributed by atoms with E-state index < -0.39 is 33.7 Å². The quantitative estimate of drug-likeness (QED) is 0.551. The Bertz CT molecular complexity index is 1180. The first kappa shape index (κ1) is 26.1. The molecule has 4 heterocycles. The van der Waals surface area contributed by atoms with Crippen LogP contribution in [-0.2, 0) is 20.9 Å². The lowest BCUT2D eigenvalue weighted by atomic mass is 9.99. The Morgan fingerprint density at radius 3 is 2.49 bits per heavy atom. The van der Waals surface area contributed by atoms with E-state index in [1.165, 1.54) is 4.31 Å². The zero-order valence-corrected chi connectivity index (χ0v) is 21.0. The summed E-state index contributed by atoms with van der Waals surface area (Å²) in [5.41, 5.74) is 0.0910. The average molecular weight is 542 g/mol. The van der Waals surface area contributed by atoms with Gasteiger partial charge in [0.05, 0.1) is 18.1 Å². The maximum atomic E-state index is 13.4. The van der Waals surface area contributed by atoms with E-state index >= 15 is 0 Å². The molecule has 37 heavy (non-hydrogen) atoms. The first-order valence-corrected chi connectivity index (χ1v) is 13.9. The van der Waals surface area contributed by atoms with Crippen LogP contribution in [0.15, 0.2) is 35.4 Å². The van der Waals surface area contributed by atoms with Gasteiger partial charge in [-0.15, -0.1) is 0 Å². The predicted molar refractivity (Wildman–Crippen MR) is 129 cm³/mol. The third kappa shape index (κ3) is 6.00. The normalized spacial score (nSPS) is 23.9. The Labute approximate surface area is 213 Å². The summed E-state index contributed by atoms with van der Waals surface area (Å²) in [5.74, 6) is -0.110. The van der Waals surface area contributed by atoms with Crippen LogP contribution in [0.1, 0.15) is 42.7 Å². The Morgan fingerprint density at radius 2 is 1.86 bits per heavy atom. The van der Waals surface area contributed by atoms with Gasteiger partial charge in [0.2, 0.25) is 21.9 Å². The molecule has 5 rings (SSSR count). The van der Waals surface area contributed by atoms with Gasteiger partial charge in [0.1, 0.15) is 11.7 Å². The first-order chi connectivity index (χ1) is 17.7. The standard InChI is InChI=1S/C24H30F3N5O4S/c25-24(26,27)21-14-29-23(31-22(21)36-19-8-12-35-15-19)30-18-6-10-32(11-7-18)37(33,34)20-3-1-16(2-4-20)17-5-9-28-13-17/h1-4,14,17-19,28H,5-13,15H2,(H,29,30,31)/t17-,19-/m0/s1. The fraction of sp³-hybridized carbons (Fsp3) is 0.583. The lowest BCUT2D eigenvalue weighted by Gasteiger charge is -2.31. The fourth-order valence-electron chi connectivity index (χ4n) is 4.91. The molecule has 0 saturated carbocycles. The van der Waals surface area contributed by atoms with Gasteiger partial charge in [-0.05, 0) is 49.4 Å². The number of hydrogen-bond acceptors (Lipinski definition) is 8. The molecular weight excluding hydrogens is 511 g/mol. The van der Waals surface area contributed by atoms with Crippen molar-refractivity contribution in [1.29, 1.82) is 0 Å². The average Bonchev–Trinajstić information content (AvgIpc) is 3.59. The van der Waals surface area contributed by atoms with Gasteiger partial charge < -0.3 is 20.1 Å². The summed E-state index contributed by atoms with van der Waals surface area (Å²) < 4.78 is 78.7. The first-order valence-electron chi connectivity index (χ1n) is 12.5. The summed E-state index contributed by atoms with van der Waals surface area (Å²) >= 11 is 0. The molecule has 13 heteroatoms. The minimum Gasteiger partial charge on any atom is -0.471 e. The lowest BCUT2D eigenvalue weighted by molar-refractivity contribution is -0.139. The molecule has 3 fully saturated rings. The molecule has 0 unspecified atom stereocenters. The highest BCUT2D eigenvalue weighted by atomic mass is 32.2. The Balaban J connectivity index is 1.21. The Morgan fingerprint density at radius 1 is 1.11 bits per heavy atom. The van der Waals surface area contributed by atoms with E-state index in [0.29, 0.717) is 38.0 Å². The molecule has 0 spiro atoms. The smallest absolute Gasteiger partial charge is 0.423 e. The molecular formula is C24H30F3N5O4S. The van der Waals surface area contributed by atoms with Gasteiger partial charge in [-0.2, -0.15) is 22.5 Å². The van der Waals surface area contributed by atoms with Crippen LogP contribution in [0.3, 0.4) is 0 Å². The van der Waals surface area contributed by atoms with Gasteiger partial charge in [-0.3, -0.25) is 0 Å². The zero-order valence-electron chi connectivity index (χ0n) is 20.2. The second-order valence-corrected chi connectivity index (χ2v) is 11.5. The molecule has 2 atom stereocenters. The molecule has 1 aromatic heterocycles. The van der Waals surface area contributed by atoms with Crippen molar-refractivity contribution in [3.63, 3.8) is 0 Å². The third-order valence-electron chi connectivity index (χ3n) is 7.06. The van der Waals surface area contributed by atoms with Crippen molar-refractivity contribution in [2.45, 2.75) is 54.8 Å². The summed E-state index contributed by atoms with van der Waals surface area (Å²) in [6, 6.07) is 6.92. The van der Waals surface area contributed by atoms with Crippen molar-refractivity contribution in [2.24, 2.45) is 0 Å². The maximum absolute atomic E-state index is 13.4. The van der Waals surface area contributed by atoms with Crippen LogP contribution in [0, 0.1) is 0 Å². The number of nitrogens with zero attached hydrogens (tertiary/aromatic N) is 3. The van der Waals surface area contributed by atoms with Crippen LogP contribution in [0.5, 0.6) is 5.88 Å². The van der Waals surface area contributed by atoms with Crippen molar-refractivity contribution < 1.29 is 31.1 Å². The summed E-state index contributed by atoms with van der Waals surface area (Å²) in [4.78, 5) is 8.10. The van der Waals surface area contributed by atoms with E-state index in [9.17, 15) is 21.6 Å². The highest BCUT2D eigenvalue weighted by molar-refractivity contribution is 7.89. The summed E-state index contributed by atoms with van der Waals surface area (Å²) in [7, 11) is -3.64. The number of ether oxygens (including phenoxy) is 2. The van der Waals surface area contributed by atoms with Crippen LogP contribution in [0.4, 0.5) is 19.1 Å². The number of benzene rings is 1. The molecule has 0 amide bonds. The SMILES string of the molecule is O=S(=O)(c1ccc([C@H]2CCNC2)cc1)N1CCC(Nc2ncc(C(F)(F)F)c(O[C@H]3CCOC3)n2)CC1. The maximum Gasteiger partial charge on any atom is 0.423 e. The van der Waals surface area contributed by atoms with Gasteiger partial charge in [0, 0.05) is 38.3 Å². The number of nitrogens with one attached hydrogen (secondary N) is 2. The Hall–Kier alpha value is -2.48. The summed E-state index contributed by atoms with van der Waals surface area (Å²) in [6.07, 6.45) is -1.99. The van der Waals surface area contributed by atoms with E-state index in [1.54, 1.807) is 12.1 Å². The second-order valence-electron chi connectivity index (χ2n) is 9.60. The van der Waals surface area contributed by atoms with E-state index in [2.05, 4.69) is 20.6 Å². The molecule has 3 aliphatic rings. The van der Waals surface area contributed by atoms with Gasteiger partial charge in [-0.25, -0.2) is 13.4 Å². The summed E-state index contributed by atoms with van der Waals surface area (Å²) in [5, 5.41) is 6.36. The van der Waals surface area contributed by atoms with Crippen molar-refractivity contribution in [3.05, 3.63) is 41.6 Å². The molecule has 1 aromatic carbocycles. The lowest BCUT2D eigenvalue weighted by Crippen LogP contribution is -2.42. The van der Waals surface area contributed by atoms with E-state index in [4.69, 9.17) is 9.47 Å². The van der Waals surface area contributed by atoms with Gasteiger partial charge in [0.15, 0.2) is 0 Å². The molecule has 0 radical (unpaired) electrons. The topological polar surface area (TPSA) is 106 Å². The van der Waals surface area contributed by atoms with E-state index in [0.717, 1.165) is 25.1 Å². The number of aromatic nitrogens is 2. The van der Waals surface area contributed by atoms with Crippen molar-refractivity contribution in [3.8, 4) is 5.88 Å². The van der Waals surface area contributed by atoms with Gasteiger partial charge in [0.25, 0.3) is 0 Å². The van der Waals surface area contributed by atoms with Gasteiger partial charge in [-0.1, -0.05) is 12.1 Å². The number of hydrogen-bond donors (Lipinski definition) is 2. The van der Waals surface area contributed by atoms with E-state index in [1.807, 2.05) is 12.1 Å². The number of piperidine rings is 1. The van der Waals surface area contributed by atoms with Crippen molar-refractivity contribution in [1.82, 2.24) is 19.6 Å². The largest absolute Gasteiger partial charge is 0.471 e.